The Morgan fingerprint density at radius 2 is 1.93 bits per heavy atom. The maximum atomic E-state index is 12.4. The average molecular weight is 415 g/mol. The maximum Gasteiger partial charge on any atom is 0.255 e. The van der Waals surface area contributed by atoms with E-state index in [1.54, 1.807) is 6.20 Å². The normalized spacial score (nSPS) is 11.2. The van der Waals surface area contributed by atoms with Gasteiger partial charge in [0.2, 0.25) is 10.0 Å². The van der Waals surface area contributed by atoms with Crippen molar-refractivity contribution in [3.63, 3.8) is 0 Å². The van der Waals surface area contributed by atoms with E-state index in [9.17, 15) is 13.2 Å². The first kappa shape index (κ1) is 20.6. The molecule has 0 saturated carbocycles. The average Bonchev–Trinajstić information content (AvgIpc) is 2.72. The fourth-order valence-corrected chi connectivity index (χ4v) is 3.33. The van der Waals surface area contributed by atoms with Crippen LogP contribution in [0.25, 0.3) is 10.9 Å². The number of hydrogen-bond acceptors (Lipinski definition) is 6. The number of para-hydroxylation sites is 1. The monoisotopic (exact) mass is 415 g/mol. The van der Waals surface area contributed by atoms with Gasteiger partial charge in [-0.3, -0.25) is 9.78 Å². The number of hydrogen-bond donors (Lipinski definition) is 2. The van der Waals surface area contributed by atoms with E-state index < -0.39 is 15.9 Å². The minimum absolute atomic E-state index is 0.0956. The zero-order valence-electron chi connectivity index (χ0n) is 15.8. The minimum Gasteiger partial charge on any atom is -0.496 e. The lowest BCUT2D eigenvalue weighted by Crippen LogP contribution is -2.26. The van der Waals surface area contributed by atoms with Gasteiger partial charge >= 0.3 is 0 Å². The van der Waals surface area contributed by atoms with E-state index in [1.165, 1.54) is 25.3 Å². The topological polar surface area (TPSA) is 121 Å². The van der Waals surface area contributed by atoms with Crippen molar-refractivity contribution in [1.82, 2.24) is 10.3 Å². The molecule has 9 heteroatoms. The van der Waals surface area contributed by atoms with Crippen molar-refractivity contribution in [2.45, 2.75) is 11.3 Å². The third-order valence-electron chi connectivity index (χ3n) is 4.20. The van der Waals surface area contributed by atoms with E-state index in [0.29, 0.717) is 25.3 Å². The highest BCUT2D eigenvalue weighted by Crippen LogP contribution is 2.23. The van der Waals surface area contributed by atoms with Gasteiger partial charge < -0.3 is 14.8 Å². The molecule has 3 N–H and O–H groups in total. The van der Waals surface area contributed by atoms with E-state index in [4.69, 9.17) is 14.6 Å². The highest BCUT2D eigenvalue weighted by atomic mass is 32.2. The highest BCUT2D eigenvalue weighted by Gasteiger charge is 2.17. The van der Waals surface area contributed by atoms with Gasteiger partial charge in [-0.15, -0.1) is 0 Å². The van der Waals surface area contributed by atoms with Crippen LogP contribution < -0.4 is 19.9 Å². The van der Waals surface area contributed by atoms with Crippen LogP contribution in [0, 0.1) is 0 Å². The summed E-state index contributed by atoms with van der Waals surface area (Å²) in [5.41, 5.74) is 0.877. The van der Waals surface area contributed by atoms with Gasteiger partial charge in [0.1, 0.15) is 17.0 Å². The van der Waals surface area contributed by atoms with Gasteiger partial charge in [-0.05, 0) is 36.8 Å². The molecule has 152 valence electrons. The molecule has 0 aliphatic heterocycles. The number of pyridine rings is 1. The lowest BCUT2D eigenvalue weighted by atomic mass is 10.2. The summed E-state index contributed by atoms with van der Waals surface area (Å²) in [6, 6.07) is 13.4. The van der Waals surface area contributed by atoms with Gasteiger partial charge in [0.05, 0.1) is 24.2 Å². The number of primary sulfonamides is 1. The largest absolute Gasteiger partial charge is 0.496 e. The van der Waals surface area contributed by atoms with Crippen molar-refractivity contribution in [2.24, 2.45) is 5.14 Å². The maximum absolute atomic E-state index is 12.4. The number of benzene rings is 2. The molecule has 0 saturated heterocycles. The second kappa shape index (κ2) is 8.89. The number of amides is 1. The molecule has 1 aromatic heterocycles. The summed E-state index contributed by atoms with van der Waals surface area (Å²) in [4.78, 5) is 16.6. The fourth-order valence-electron chi connectivity index (χ4n) is 2.79. The lowest BCUT2D eigenvalue weighted by molar-refractivity contribution is 0.0948. The van der Waals surface area contributed by atoms with Gasteiger partial charge in [0, 0.05) is 18.1 Å². The predicted octanol–water partition coefficient (Wildman–Crippen LogP) is 2.09. The van der Waals surface area contributed by atoms with Crippen molar-refractivity contribution >= 4 is 26.8 Å². The molecule has 0 bridgehead atoms. The van der Waals surface area contributed by atoms with Crippen LogP contribution in [0.2, 0.25) is 0 Å². The molecule has 3 rings (SSSR count). The van der Waals surface area contributed by atoms with Crippen LogP contribution in [0.3, 0.4) is 0 Å². The number of aromatic nitrogens is 1. The van der Waals surface area contributed by atoms with E-state index in [0.717, 1.165) is 10.9 Å². The molecule has 0 unspecified atom stereocenters. The van der Waals surface area contributed by atoms with Gasteiger partial charge in [0.25, 0.3) is 5.91 Å². The van der Waals surface area contributed by atoms with E-state index >= 15 is 0 Å². The molecule has 8 nitrogen and oxygen atoms in total. The Morgan fingerprint density at radius 1 is 1.14 bits per heavy atom. The van der Waals surface area contributed by atoms with Gasteiger partial charge in [-0.2, -0.15) is 0 Å². The second-order valence-corrected chi connectivity index (χ2v) is 7.76. The van der Waals surface area contributed by atoms with E-state index in [-0.39, 0.29) is 16.2 Å². The van der Waals surface area contributed by atoms with Crippen LogP contribution >= 0.6 is 0 Å². The summed E-state index contributed by atoms with van der Waals surface area (Å²) in [5.74, 6) is 0.476. The molecule has 0 aliphatic rings. The molecular formula is C20H21N3O5S. The molecule has 0 fully saturated rings. The van der Waals surface area contributed by atoms with Gasteiger partial charge in [-0.25, -0.2) is 13.6 Å². The third-order valence-corrected chi connectivity index (χ3v) is 5.12. The molecule has 29 heavy (non-hydrogen) atoms. The molecule has 2 aromatic carbocycles. The standard InChI is InChI=1S/C20H21N3O5S/c1-27-17-9-8-15(29(21,25)26)13-16(17)20(24)23-11-4-12-28-18-7-2-5-14-6-3-10-22-19(14)18/h2-3,5-10,13H,4,11-12H2,1H3,(H,23,24)(H2,21,25,26). The van der Waals surface area contributed by atoms with Crippen LogP contribution in [-0.2, 0) is 10.0 Å². The quantitative estimate of drug-likeness (QED) is 0.544. The Hall–Kier alpha value is -3.17. The summed E-state index contributed by atoms with van der Waals surface area (Å²) < 4.78 is 33.9. The number of fused-ring (bicyclic) bond motifs is 1. The summed E-state index contributed by atoms with van der Waals surface area (Å²) in [7, 11) is -2.53. The number of sulfonamides is 1. The molecule has 0 atom stereocenters. The third kappa shape index (κ3) is 5.01. The summed E-state index contributed by atoms with van der Waals surface area (Å²) in [6.07, 6.45) is 2.25. The Kier molecular flexibility index (Phi) is 6.30. The number of nitrogens with two attached hydrogens (primary N) is 1. The first-order valence-corrected chi connectivity index (χ1v) is 10.4. The Labute approximate surface area is 168 Å². The van der Waals surface area contributed by atoms with Crippen molar-refractivity contribution < 1.29 is 22.7 Å². The fraction of sp³-hybridized carbons (Fsp3) is 0.200. The molecule has 3 aromatic rings. The van der Waals surface area contributed by atoms with Crippen LogP contribution in [0.5, 0.6) is 11.5 Å². The summed E-state index contributed by atoms with van der Waals surface area (Å²) in [5, 5.41) is 8.84. The van der Waals surface area contributed by atoms with E-state index in [1.807, 2.05) is 30.3 Å². The molecule has 1 heterocycles. The SMILES string of the molecule is COc1ccc(S(N)(=O)=O)cc1C(=O)NCCCOc1cccc2cccnc12. The number of carbonyl (C=O) groups excluding carboxylic acids is 1. The second-order valence-electron chi connectivity index (χ2n) is 6.20. The minimum atomic E-state index is -3.92. The number of carbonyl (C=O) groups is 1. The van der Waals surface area contributed by atoms with Crippen molar-refractivity contribution in [3.05, 3.63) is 60.3 Å². The number of rotatable bonds is 8. The molecule has 0 radical (unpaired) electrons. The van der Waals surface area contributed by atoms with E-state index in [2.05, 4.69) is 10.3 Å². The van der Waals surface area contributed by atoms with Crippen LogP contribution in [0.4, 0.5) is 0 Å². The van der Waals surface area contributed by atoms with Crippen molar-refractivity contribution in [1.29, 1.82) is 0 Å². The number of ether oxygens (including phenoxy) is 2. The summed E-state index contributed by atoms with van der Waals surface area (Å²) >= 11 is 0. The number of nitrogens with zero attached hydrogens (tertiary/aromatic N) is 1. The van der Waals surface area contributed by atoms with Crippen molar-refractivity contribution in [2.75, 3.05) is 20.3 Å². The molecule has 0 aliphatic carbocycles. The predicted molar refractivity (Wildman–Crippen MR) is 109 cm³/mol. The van der Waals surface area contributed by atoms with Crippen LogP contribution in [0.15, 0.2) is 59.6 Å². The van der Waals surface area contributed by atoms with Gasteiger partial charge in [-0.1, -0.05) is 18.2 Å². The smallest absolute Gasteiger partial charge is 0.255 e. The first-order chi connectivity index (χ1) is 13.9. The van der Waals surface area contributed by atoms with Gasteiger partial charge in [0.15, 0.2) is 0 Å². The first-order valence-electron chi connectivity index (χ1n) is 8.86. The lowest BCUT2D eigenvalue weighted by Gasteiger charge is -2.11. The summed E-state index contributed by atoms with van der Waals surface area (Å²) in [6.45, 7) is 0.712. The van der Waals surface area contributed by atoms with Crippen LogP contribution in [-0.4, -0.2) is 39.6 Å². The Bertz CT molecular complexity index is 1130. The Morgan fingerprint density at radius 3 is 2.69 bits per heavy atom. The van der Waals surface area contributed by atoms with Crippen molar-refractivity contribution in [3.8, 4) is 11.5 Å². The highest BCUT2D eigenvalue weighted by molar-refractivity contribution is 7.89. The number of methoxy groups -OCH3 is 1. The van der Waals surface area contributed by atoms with Crippen LogP contribution in [0.1, 0.15) is 16.8 Å². The molecular weight excluding hydrogens is 394 g/mol. The Balaban J connectivity index is 1.57. The molecule has 1 amide bonds. The zero-order chi connectivity index (χ0) is 20.9. The zero-order valence-corrected chi connectivity index (χ0v) is 16.6. The number of nitrogens with one attached hydrogen (secondary N) is 1. The molecule has 0 spiro atoms.